The number of halogens is 1. The lowest BCUT2D eigenvalue weighted by molar-refractivity contribution is 0.187. The van der Waals surface area contributed by atoms with Crippen LogP contribution in [0.5, 0.6) is 0 Å². The van der Waals surface area contributed by atoms with Crippen molar-refractivity contribution in [3.05, 3.63) is 34.4 Å². The summed E-state index contributed by atoms with van der Waals surface area (Å²) in [4.78, 5) is 0.198. The van der Waals surface area contributed by atoms with Gasteiger partial charge in [-0.3, -0.25) is 0 Å². The average Bonchev–Trinajstić information content (AvgIpc) is 2.32. The van der Waals surface area contributed by atoms with Crippen LogP contribution in [0, 0.1) is 13.8 Å². The Hall–Kier alpha value is -0.340. The Morgan fingerprint density at radius 3 is 2.62 bits per heavy atom. The molecule has 2 rings (SSSR count). The molecule has 13 heavy (non-hydrogen) atoms. The van der Waals surface area contributed by atoms with Gasteiger partial charge in [0.25, 0.3) is 0 Å². The van der Waals surface area contributed by atoms with Crippen molar-refractivity contribution in [2.45, 2.75) is 31.2 Å². The van der Waals surface area contributed by atoms with E-state index in [-0.39, 0.29) is 10.9 Å². The molecule has 2 heteroatoms. The van der Waals surface area contributed by atoms with Gasteiger partial charge >= 0.3 is 0 Å². The van der Waals surface area contributed by atoms with Crippen LogP contribution in [0.15, 0.2) is 12.1 Å². The quantitative estimate of drug-likeness (QED) is 0.692. The molecule has 0 heterocycles. The number of hydrogen-bond acceptors (Lipinski definition) is 1. The van der Waals surface area contributed by atoms with Gasteiger partial charge in [-0.25, -0.2) is 0 Å². The smallest absolute Gasteiger partial charge is 0.0920 e. The summed E-state index contributed by atoms with van der Waals surface area (Å²) < 4.78 is 0. The van der Waals surface area contributed by atoms with Crippen LogP contribution in [0.1, 0.15) is 28.4 Å². The molecule has 1 aliphatic rings. The van der Waals surface area contributed by atoms with Crippen LogP contribution in [0.25, 0.3) is 0 Å². The second-order valence-electron chi connectivity index (χ2n) is 3.80. The zero-order chi connectivity index (χ0) is 9.59. The summed E-state index contributed by atoms with van der Waals surface area (Å²) in [7, 11) is 0. The van der Waals surface area contributed by atoms with E-state index in [1.54, 1.807) is 0 Å². The van der Waals surface area contributed by atoms with Gasteiger partial charge in [0.05, 0.1) is 6.10 Å². The zero-order valence-electron chi connectivity index (χ0n) is 7.84. The molecule has 70 valence electrons. The minimum Gasteiger partial charge on any atom is -0.387 e. The van der Waals surface area contributed by atoms with Gasteiger partial charge in [-0.1, -0.05) is 28.1 Å². The lowest BCUT2D eigenvalue weighted by Gasteiger charge is -2.08. The van der Waals surface area contributed by atoms with Gasteiger partial charge in [-0.2, -0.15) is 0 Å². The molecule has 0 saturated carbocycles. The van der Waals surface area contributed by atoms with E-state index in [1.165, 1.54) is 16.7 Å². The Kier molecular flexibility index (Phi) is 2.20. The molecule has 0 radical (unpaired) electrons. The molecule has 1 nitrogen and oxygen atoms in total. The number of aliphatic hydroxyl groups excluding tert-OH is 1. The maximum atomic E-state index is 9.82. The number of benzene rings is 1. The highest BCUT2D eigenvalue weighted by Gasteiger charge is 2.28. The highest BCUT2D eigenvalue weighted by Crippen LogP contribution is 2.36. The topological polar surface area (TPSA) is 20.2 Å². The summed E-state index contributed by atoms with van der Waals surface area (Å²) in [6, 6.07) is 4.30. The van der Waals surface area contributed by atoms with Crippen molar-refractivity contribution < 1.29 is 5.11 Å². The normalized spacial score (nSPS) is 26.2. The van der Waals surface area contributed by atoms with Crippen molar-refractivity contribution in [3.63, 3.8) is 0 Å². The molecule has 0 aromatic heterocycles. The second-order valence-corrected chi connectivity index (χ2v) is 4.98. The van der Waals surface area contributed by atoms with Crippen molar-refractivity contribution in [3.8, 4) is 0 Å². The van der Waals surface area contributed by atoms with Gasteiger partial charge in [-0.05, 0) is 42.5 Å². The standard InChI is InChI=1S/C11H13BrO/c1-6-3-8-5-10(12)11(13)9(8)4-7(6)2/h3-4,10-11,13H,5H2,1-2H3/t10-,11+/m0/s1. The Bertz CT molecular complexity index is 346. The fraction of sp³-hybridized carbons (Fsp3) is 0.455. The van der Waals surface area contributed by atoms with Crippen LogP contribution < -0.4 is 0 Å². The molecule has 0 spiro atoms. The maximum absolute atomic E-state index is 9.82. The van der Waals surface area contributed by atoms with E-state index >= 15 is 0 Å². The summed E-state index contributed by atoms with van der Waals surface area (Å²) in [5.74, 6) is 0. The number of fused-ring (bicyclic) bond motifs is 1. The predicted molar refractivity (Wildman–Crippen MR) is 57.3 cm³/mol. The van der Waals surface area contributed by atoms with E-state index in [1.807, 2.05) is 0 Å². The second kappa shape index (κ2) is 3.10. The van der Waals surface area contributed by atoms with E-state index < -0.39 is 0 Å². The van der Waals surface area contributed by atoms with Crippen molar-refractivity contribution in [2.24, 2.45) is 0 Å². The van der Waals surface area contributed by atoms with Crippen LogP contribution in [-0.2, 0) is 6.42 Å². The molecule has 0 fully saturated rings. The lowest BCUT2D eigenvalue weighted by Crippen LogP contribution is -2.04. The van der Waals surface area contributed by atoms with E-state index in [2.05, 4.69) is 41.9 Å². The Morgan fingerprint density at radius 2 is 1.92 bits per heavy atom. The van der Waals surface area contributed by atoms with E-state index in [9.17, 15) is 5.11 Å². The summed E-state index contributed by atoms with van der Waals surface area (Å²) in [5, 5.41) is 9.82. The first-order chi connectivity index (χ1) is 6.09. The molecular weight excluding hydrogens is 228 g/mol. The number of alkyl halides is 1. The van der Waals surface area contributed by atoms with Crippen LogP contribution in [0.3, 0.4) is 0 Å². The van der Waals surface area contributed by atoms with Gasteiger partial charge in [0.1, 0.15) is 0 Å². The van der Waals surface area contributed by atoms with Gasteiger partial charge in [0, 0.05) is 4.83 Å². The highest BCUT2D eigenvalue weighted by molar-refractivity contribution is 9.09. The average molecular weight is 241 g/mol. The Labute approximate surface area is 86.9 Å². The third kappa shape index (κ3) is 1.42. The minimum atomic E-state index is -0.325. The number of rotatable bonds is 0. The van der Waals surface area contributed by atoms with Crippen molar-refractivity contribution in [1.82, 2.24) is 0 Å². The number of hydrogen-bond donors (Lipinski definition) is 1. The van der Waals surface area contributed by atoms with Crippen molar-refractivity contribution in [1.29, 1.82) is 0 Å². The fourth-order valence-electron chi connectivity index (χ4n) is 1.87. The summed E-state index contributed by atoms with van der Waals surface area (Å²) >= 11 is 3.48. The van der Waals surface area contributed by atoms with Gasteiger partial charge < -0.3 is 5.11 Å². The molecule has 0 saturated heterocycles. The third-order valence-electron chi connectivity index (χ3n) is 2.83. The summed E-state index contributed by atoms with van der Waals surface area (Å²) in [6.07, 6.45) is 0.617. The van der Waals surface area contributed by atoms with E-state index in [0.717, 1.165) is 12.0 Å². The molecule has 0 aliphatic heterocycles. The molecule has 1 N–H and O–H groups in total. The fourth-order valence-corrected chi connectivity index (χ4v) is 2.50. The lowest BCUT2D eigenvalue weighted by atomic mass is 10.0. The zero-order valence-corrected chi connectivity index (χ0v) is 9.43. The van der Waals surface area contributed by atoms with Gasteiger partial charge in [-0.15, -0.1) is 0 Å². The number of aryl methyl sites for hydroxylation is 2. The molecular formula is C11H13BrO. The summed E-state index contributed by atoms with van der Waals surface area (Å²) in [6.45, 7) is 4.20. The van der Waals surface area contributed by atoms with Crippen LogP contribution in [-0.4, -0.2) is 9.93 Å². The van der Waals surface area contributed by atoms with Crippen molar-refractivity contribution >= 4 is 15.9 Å². The largest absolute Gasteiger partial charge is 0.387 e. The third-order valence-corrected chi connectivity index (χ3v) is 3.66. The maximum Gasteiger partial charge on any atom is 0.0920 e. The van der Waals surface area contributed by atoms with Gasteiger partial charge in [0.2, 0.25) is 0 Å². The molecule has 0 bridgehead atoms. The first kappa shape index (κ1) is 9.22. The van der Waals surface area contributed by atoms with Crippen LogP contribution >= 0.6 is 15.9 Å². The molecule has 1 aliphatic carbocycles. The van der Waals surface area contributed by atoms with Crippen molar-refractivity contribution in [2.75, 3.05) is 0 Å². The van der Waals surface area contributed by atoms with Gasteiger partial charge in [0.15, 0.2) is 0 Å². The highest BCUT2D eigenvalue weighted by atomic mass is 79.9. The Balaban J connectivity index is 2.53. The molecule has 1 aromatic rings. The SMILES string of the molecule is Cc1cc2c(cc1C)[C@@H](O)[C@@H](Br)C2. The van der Waals surface area contributed by atoms with E-state index in [4.69, 9.17) is 0 Å². The predicted octanol–water partition coefficient (Wildman–Crippen LogP) is 2.66. The Morgan fingerprint density at radius 1 is 1.31 bits per heavy atom. The molecule has 0 unspecified atom stereocenters. The van der Waals surface area contributed by atoms with E-state index in [0.29, 0.717) is 0 Å². The van der Waals surface area contributed by atoms with Crippen LogP contribution in [0.2, 0.25) is 0 Å². The van der Waals surface area contributed by atoms with Crippen LogP contribution in [0.4, 0.5) is 0 Å². The monoisotopic (exact) mass is 240 g/mol. The molecule has 1 aromatic carbocycles. The molecule has 2 atom stereocenters. The first-order valence-corrected chi connectivity index (χ1v) is 5.43. The number of aliphatic hydroxyl groups is 1. The summed E-state index contributed by atoms with van der Waals surface area (Å²) in [5.41, 5.74) is 4.97. The first-order valence-electron chi connectivity index (χ1n) is 4.51. The minimum absolute atomic E-state index is 0.198. The molecule has 0 amide bonds.